The molecule has 0 fully saturated rings. The minimum Gasteiger partial charge on any atom is -0.261 e. The molecule has 0 saturated carbocycles. The molecule has 0 amide bonds. The standard InChI is InChI=1S/C53H39N3S/c1-54-52(43-18-10-17-40(31-43)36-12-4-2-5-13-36)56-53(55-34-35-22-28-46-44(30-35)32-42-16-8-9-19-45(42)46)39-25-23-38(24-26-39)47-20-11-21-48-49-33-41(37-14-6-3-7-15-37)27-29-50(49)57-51(47)48/h2-31,49H,1,32-34H2. The summed E-state index contributed by atoms with van der Waals surface area (Å²) < 4.78 is 0. The van der Waals surface area contributed by atoms with Crippen molar-refractivity contribution in [1.29, 1.82) is 0 Å². The fraction of sp³-hybridized carbons (Fsp3) is 0.0755. The van der Waals surface area contributed by atoms with Gasteiger partial charge in [-0.05, 0) is 97.3 Å². The summed E-state index contributed by atoms with van der Waals surface area (Å²) >= 11 is 1.92. The predicted molar refractivity (Wildman–Crippen MR) is 240 cm³/mol. The van der Waals surface area contributed by atoms with Crippen molar-refractivity contribution in [1.82, 2.24) is 0 Å². The Balaban J connectivity index is 0.983. The van der Waals surface area contributed by atoms with Crippen LogP contribution in [0.5, 0.6) is 0 Å². The summed E-state index contributed by atoms with van der Waals surface area (Å²) in [4.78, 5) is 17.6. The Labute approximate surface area is 338 Å². The highest BCUT2D eigenvalue weighted by Crippen LogP contribution is 2.56. The topological polar surface area (TPSA) is 37.1 Å². The molecule has 272 valence electrons. The molecule has 0 radical (unpaired) electrons. The van der Waals surface area contributed by atoms with Crippen LogP contribution in [-0.2, 0) is 13.0 Å². The number of allylic oxidation sites excluding steroid dienone is 4. The normalized spacial score (nSPS) is 15.5. The summed E-state index contributed by atoms with van der Waals surface area (Å²) in [6.07, 6.45) is 6.60. The van der Waals surface area contributed by atoms with E-state index in [4.69, 9.17) is 9.98 Å². The number of aliphatic imine (C=N–C) groups is 3. The Hall–Kier alpha value is -6.62. The second-order valence-corrected chi connectivity index (χ2v) is 15.9. The Morgan fingerprint density at radius 3 is 2.11 bits per heavy atom. The Bertz CT molecular complexity index is 2790. The van der Waals surface area contributed by atoms with Crippen LogP contribution in [0.3, 0.4) is 0 Å². The quantitative estimate of drug-likeness (QED) is 0.118. The first-order valence-corrected chi connectivity index (χ1v) is 20.3. The highest BCUT2D eigenvalue weighted by atomic mass is 32.2. The second kappa shape index (κ2) is 15.1. The maximum Gasteiger partial charge on any atom is 0.161 e. The Morgan fingerprint density at radius 1 is 0.561 bits per heavy atom. The molecule has 0 spiro atoms. The highest BCUT2D eigenvalue weighted by molar-refractivity contribution is 8.03. The second-order valence-electron chi connectivity index (χ2n) is 14.8. The molecule has 0 bridgehead atoms. The number of thioether (sulfide) groups is 1. The van der Waals surface area contributed by atoms with Gasteiger partial charge in [0.25, 0.3) is 0 Å². The number of amidine groups is 2. The molecule has 0 saturated heterocycles. The fourth-order valence-corrected chi connectivity index (χ4v) is 9.77. The Morgan fingerprint density at radius 2 is 1.28 bits per heavy atom. The van der Waals surface area contributed by atoms with Crippen molar-refractivity contribution in [2.24, 2.45) is 15.0 Å². The van der Waals surface area contributed by atoms with Gasteiger partial charge in [-0.1, -0.05) is 188 Å². The molecule has 57 heavy (non-hydrogen) atoms. The summed E-state index contributed by atoms with van der Waals surface area (Å²) in [5.41, 5.74) is 17.1. The monoisotopic (exact) mass is 749 g/mol. The number of rotatable bonds is 7. The molecule has 10 rings (SSSR count). The van der Waals surface area contributed by atoms with Gasteiger partial charge in [-0.25, -0.2) is 9.98 Å². The minimum atomic E-state index is 0.385. The van der Waals surface area contributed by atoms with E-state index in [0.717, 1.165) is 40.7 Å². The van der Waals surface area contributed by atoms with Crippen molar-refractivity contribution in [3.8, 4) is 33.4 Å². The van der Waals surface area contributed by atoms with Crippen molar-refractivity contribution in [2.75, 3.05) is 0 Å². The SMILES string of the molecule is C=NC(=NC(=NCc1ccc2c(c1)Cc1ccccc1-2)c1ccc(-c2cccc3c2SC2=CC=C(c4ccccc4)CC23)cc1)c1cccc(-c2ccccc2)c1. The number of hydrogen-bond donors (Lipinski definition) is 0. The first-order valence-electron chi connectivity index (χ1n) is 19.5. The lowest BCUT2D eigenvalue weighted by molar-refractivity contribution is 0.851. The predicted octanol–water partition coefficient (Wildman–Crippen LogP) is 13.2. The van der Waals surface area contributed by atoms with E-state index >= 15 is 0 Å². The van der Waals surface area contributed by atoms with E-state index in [1.165, 1.54) is 59.9 Å². The maximum absolute atomic E-state index is 5.20. The van der Waals surface area contributed by atoms with Crippen LogP contribution in [-0.4, -0.2) is 18.4 Å². The van der Waals surface area contributed by atoms with Gasteiger partial charge >= 0.3 is 0 Å². The van der Waals surface area contributed by atoms with Gasteiger partial charge in [0.05, 0.1) is 6.54 Å². The van der Waals surface area contributed by atoms with Gasteiger partial charge in [0, 0.05) is 21.9 Å². The van der Waals surface area contributed by atoms with Crippen LogP contribution in [0.15, 0.2) is 207 Å². The molecular formula is C53H39N3S. The van der Waals surface area contributed by atoms with Crippen molar-refractivity contribution >= 4 is 35.7 Å². The van der Waals surface area contributed by atoms with Gasteiger partial charge in [-0.3, -0.25) is 4.99 Å². The van der Waals surface area contributed by atoms with Gasteiger partial charge in [-0.15, -0.1) is 0 Å². The van der Waals surface area contributed by atoms with Crippen molar-refractivity contribution in [3.63, 3.8) is 0 Å². The first-order chi connectivity index (χ1) is 28.2. The van der Waals surface area contributed by atoms with Gasteiger partial charge in [0.1, 0.15) is 0 Å². The molecular weight excluding hydrogens is 711 g/mol. The summed E-state index contributed by atoms with van der Waals surface area (Å²) in [5, 5.41) is 0. The van der Waals surface area contributed by atoms with E-state index in [0.29, 0.717) is 24.1 Å². The van der Waals surface area contributed by atoms with Gasteiger partial charge in [-0.2, -0.15) is 0 Å². The zero-order valence-electron chi connectivity index (χ0n) is 31.5. The van der Waals surface area contributed by atoms with Crippen molar-refractivity contribution in [3.05, 3.63) is 226 Å². The van der Waals surface area contributed by atoms with Crippen LogP contribution in [0.25, 0.3) is 39.0 Å². The number of benzene rings is 7. The van der Waals surface area contributed by atoms with Gasteiger partial charge < -0.3 is 0 Å². The summed E-state index contributed by atoms with van der Waals surface area (Å²) in [6, 6.07) is 60.4. The van der Waals surface area contributed by atoms with Crippen LogP contribution >= 0.6 is 11.8 Å². The van der Waals surface area contributed by atoms with E-state index in [1.54, 1.807) is 0 Å². The number of hydrogen-bond acceptors (Lipinski definition) is 2. The molecule has 1 heterocycles. The number of nitrogens with zero attached hydrogens (tertiary/aromatic N) is 3. The summed E-state index contributed by atoms with van der Waals surface area (Å²) in [5.74, 6) is 1.55. The van der Waals surface area contributed by atoms with Crippen LogP contribution in [0.4, 0.5) is 0 Å². The van der Waals surface area contributed by atoms with E-state index in [-0.39, 0.29) is 0 Å². The number of fused-ring (bicyclic) bond motifs is 6. The van der Waals surface area contributed by atoms with Crippen LogP contribution in [0.1, 0.15) is 51.3 Å². The lowest BCUT2D eigenvalue weighted by atomic mass is 9.84. The minimum absolute atomic E-state index is 0.385. The average molecular weight is 750 g/mol. The molecule has 3 aliphatic rings. The smallest absolute Gasteiger partial charge is 0.161 e. The Kier molecular flexibility index (Phi) is 9.25. The third kappa shape index (κ3) is 6.83. The zero-order chi connectivity index (χ0) is 38.1. The first kappa shape index (κ1) is 34.8. The summed E-state index contributed by atoms with van der Waals surface area (Å²) in [7, 11) is 0. The average Bonchev–Trinajstić information content (AvgIpc) is 3.85. The van der Waals surface area contributed by atoms with Crippen molar-refractivity contribution in [2.45, 2.75) is 30.2 Å². The lowest BCUT2D eigenvalue weighted by Crippen LogP contribution is -2.06. The van der Waals surface area contributed by atoms with Crippen LogP contribution < -0.4 is 0 Å². The van der Waals surface area contributed by atoms with Gasteiger partial charge in [0.2, 0.25) is 0 Å². The fourth-order valence-electron chi connectivity index (χ4n) is 8.42. The molecule has 4 heteroatoms. The lowest BCUT2D eigenvalue weighted by Gasteiger charge is -2.19. The zero-order valence-corrected chi connectivity index (χ0v) is 32.3. The largest absolute Gasteiger partial charge is 0.261 e. The molecule has 0 N–H and O–H groups in total. The van der Waals surface area contributed by atoms with E-state index in [9.17, 15) is 0 Å². The molecule has 7 aromatic rings. The maximum atomic E-state index is 5.20. The third-order valence-electron chi connectivity index (χ3n) is 11.3. The third-order valence-corrected chi connectivity index (χ3v) is 12.6. The van der Waals surface area contributed by atoms with E-state index in [1.807, 2.05) is 30.0 Å². The molecule has 7 aromatic carbocycles. The van der Waals surface area contributed by atoms with Crippen LogP contribution in [0, 0.1) is 0 Å². The van der Waals surface area contributed by atoms with Crippen molar-refractivity contribution < 1.29 is 0 Å². The van der Waals surface area contributed by atoms with Gasteiger partial charge in [0.15, 0.2) is 11.7 Å². The van der Waals surface area contributed by atoms with E-state index in [2.05, 4.69) is 176 Å². The van der Waals surface area contributed by atoms with E-state index < -0.39 is 0 Å². The highest BCUT2D eigenvalue weighted by Gasteiger charge is 2.32. The molecule has 1 unspecified atom stereocenters. The molecule has 1 aliphatic heterocycles. The molecule has 3 nitrogen and oxygen atoms in total. The molecule has 0 aromatic heterocycles. The molecule has 2 aliphatic carbocycles. The molecule has 1 atom stereocenters. The van der Waals surface area contributed by atoms with Crippen LogP contribution in [0.2, 0.25) is 0 Å². The summed E-state index contributed by atoms with van der Waals surface area (Å²) in [6.45, 7) is 4.45.